The number of thiazole rings is 1. The maximum atomic E-state index is 14.3. The monoisotopic (exact) mass is 592 g/mol. The highest BCUT2D eigenvalue weighted by Crippen LogP contribution is 2.44. The van der Waals surface area contributed by atoms with Crippen LogP contribution in [0.4, 0.5) is 0 Å². The summed E-state index contributed by atoms with van der Waals surface area (Å²) in [5.74, 6) is -1.19. The van der Waals surface area contributed by atoms with Crippen molar-refractivity contribution in [2.45, 2.75) is 83.5 Å². The highest BCUT2D eigenvalue weighted by molar-refractivity contribution is 7.13. The van der Waals surface area contributed by atoms with Gasteiger partial charge in [-0.25, -0.2) is 9.67 Å². The summed E-state index contributed by atoms with van der Waals surface area (Å²) < 4.78 is 7.73. The number of hydrogen-bond acceptors (Lipinski definition) is 8. The number of ether oxygens (including phenoxy) is 1. The minimum Gasteiger partial charge on any atom is -0.481 e. The fraction of sp³-hybridized carbons (Fsp3) is 0.533. The Morgan fingerprint density at radius 2 is 1.95 bits per heavy atom. The Balaban J connectivity index is 1.23. The number of fused-ring (bicyclic) bond motifs is 1. The summed E-state index contributed by atoms with van der Waals surface area (Å²) in [6.45, 7) is 7.08. The summed E-state index contributed by atoms with van der Waals surface area (Å²) in [6, 6.07) is 5.42. The lowest BCUT2D eigenvalue weighted by Gasteiger charge is -2.36. The number of aliphatic carboxylic acids is 1. The van der Waals surface area contributed by atoms with Gasteiger partial charge < -0.3 is 20.1 Å². The maximum Gasteiger partial charge on any atom is 0.305 e. The van der Waals surface area contributed by atoms with Gasteiger partial charge in [0.05, 0.1) is 53.1 Å². The molecule has 2 amide bonds. The second kappa shape index (κ2) is 11.2. The van der Waals surface area contributed by atoms with Crippen molar-refractivity contribution in [2.24, 2.45) is 5.41 Å². The summed E-state index contributed by atoms with van der Waals surface area (Å²) in [6.07, 6.45) is 3.03. The standard InChI is InChI=1S/C30H36N6O5S/c1-17-26(42-16-31-17)20-10-6-18(7-11-20)21(13-24(37)38)32-28(39)22-5-4-12-35(22)29(40)27-30(2,3)15-41-14-23-25(19-8-9-19)33-34-36(23)27/h6-7,10-11,16,19,21-22,27H,4-5,8-9,12-15H2,1-3H3,(H,32,39)(H,37,38)/t21-,22-,27+/m0/s1. The second-order valence-corrected chi connectivity index (χ2v) is 13.1. The fourth-order valence-corrected chi connectivity index (χ4v) is 7.02. The summed E-state index contributed by atoms with van der Waals surface area (Å²) >= 11 is 1.54. The van der Waals surface area contributed by atoms with Crippen LogP contribution in [0.25, 0.3) is 10.4 Å². The molecule has 2 aromatic heterocycles. The van der Waals surface area contributed by atoms with Crippen molar-refractivity contribution in [1.82, 2.24) is 30.2 Å². The number of likely N-dealkylation sites (tertiary alicyclic amines) is 1. The molecular weight excluding hydrogens is 556 g/mol. The molecule has 3 atom stereocenters. The van der Waals surface area contributed by atoms with Crippen LogP contribution in [-0.4, -0.2) is 67.0 Å². The van der Waals surface area contributed by atoms with Crippen LogP contribution in [0, 0.1) is 12.3 Å². The molecule has 2 aliphatic heterocycles. The Kier molecular flexibility index (Phi) is 7.61. The van der Waals surface area contributed by atoms with Gasteiger partial charge >= 0.3 is 5.97 Å². The number of carbonyl (C=O) groups is 3. The van der Waals surface area contributed by atoms with Crippen LogP contribution >= 0.6 is 11.3 Å². The van der Waals surface area contributed by atoms with Gasteiger partial charge in [-0.05, 0) is 43.7 Å². The van der Waals surface area contributed by atoms with Crippen molar-refractivity contribution in [3.05, 3.63) is 52.4 Å². The van der Waals surface area contributed by atoms with Gasteiger partial charge in [-0.3, -0.25) is 14.4 Å². The molecule has 12 heteroatoms. The first-order valence-corrected chi connectivity index (χ1v) is 15.4. The molecule has 1 aliphatic carbocycles. The van der Waals surface area contributed by atoms with E-state index in [-0.39, 0.29) is 18.2 Å². The lowest BCUT2D eigenvalue weighted by molar-refractivity contribution is -0.145. The summed E-state index contributed by atoms with van der Waals surface area (Å²) in [7, 11) is 0. The molecule has 3 aliphatic rings. The average Bonchev–Trinajstić information content (AvgIpc) is 3.34. The third-order valence-electron chi connectivity index (χ3n) is 8.57. The normalized spacial score (nSPS) is 22.3. The zero-order chi connectivity index (χ0) is 29.6. The summed E-state index contributed by atoms with van der Waals surface area (Å²) in [5, 5.41) is 21.5. The molecule has 0 radical (unpaired) electrons. The Hall–Kier alpha value is -3.64. The molecule has 6 rings (SSSR count). The number of benzene rings is 1. The molecule has 1 saturated heterocycles. The molecule has 1 saturated carbocycles. The van der Waals surface area contributed by atoms with E-state index in [0.717, 1.165) is 40.4 Å². The zero-order valence-electron chi connectivity index (χ0n) is 24.1. The second-order valence-electron chi connectivity index (χ2n) is 12.3. The van der Waals surface area contributed by atoms with Gasteiger partial charge in [0, 0.05) is 17.9 Å². The zero-order valence-corrected chi connectivity index (χ0v) is 24.9. The number of hydrogen-bond donors (Lipinski definition) is 2. The highest BCUT2D eigenvalue weighted by Gasteiger charge is 2.48. The largest absolute Gasteiger partial charge is 0.481 e. The number of rotatable bonds is 8. The highest BCUT2D eigenvalue weighted by atomic mass is 32.1. The lowest BCUT2D eigenvalue weighted by atomic mass is 9.84. The molecule has 3 aromatic rings. The molecule has 0 bridgehead atoms. The van der Waals surface area contributed by atoms with Gasteiger partial charge in [0.2, 0.25) is 11.8 Å². The van der Waals surface area contributed by atoms with Crippen molar-refractivity contribution in [1.29, 1.82) is 0 Å². The van der Waals surface area contributed by atoms with Crippen molar-refractivity contribution in [2.75, 3.05) is 13.2 Å². The molecule has 11 nitrogen and oxygen atoms in total. The van der Waals surface area contributed by atoms with Crippen LogP contribution in [0.2, 0.25) is 0 Å². The Bertz CT molecular complexity index is 1490. The van der Waals surface area contributed by atoms with E-state index in [4.69, 9.17) is 4.74 Å². The summed E-state index contributed by atoms with van der Waals surface area (Å²) in [5.41, 5.74) is 5.58. The first kappa shape index (κ1) is 28.5. The summed E-state index contributed by atoms with van der Waals surface area (Å²) in [4.78, 5) is 46.8. The number of nitrogens with one attached hydrogen (secondary N) is 1. The van der Waals surface area contributed by atoms with E-state index in [1.54, 1.807) is 26.4 Å². The molecule has 2 N–H and O–H groups in total. The number of aromatic nitrogens is 4. The Morgan fingerprint density at radius 3 is 2.62 bits per heavy atom. The average molecular weight is 593 g/mol. The number of carbonyl (C=O) groups excluding carboxylic acids is 2. The van der Waals surface area contributed by atoms with E-state index in [0.29, 0.717) is 44.1 Å². The first-order valence-electron chi connectivity index (χ1n) is 14.5. The Labute approximate surface area is 248 Å². The minimum absolute atomic E-state index is 0.185. The van der Waals surface area contributed by atoms with E-state index in [9.17, 15) is 19.5 Å². The number of carboxylic acid groups (broad SMARTS) is 1. The van der Waals surface area contributed by atoms with E-state index in [1.165, 1.54) is 0 Å². The molecular formula is C30H36N6O5S. The van der Waals surface area contributed by atoms with Gasteiger partial charge in [-0.2, -0.15) is 0 Å². The SMILES string of the molecule is Cc1ncsc1-c1ccc([C@H](CC(=O)O)NC(=O)[C@@H]2CCCN2C(=O)[C@H]2n3nnc(C4CC4)c3COCC2(C)C)cc1. The van der Waals surface area contributed by atoms with Crippen molar-refractivity contribution < 1.29 is 24.2 Å². The minimum atomic E-state index is -1.02. The maximum absolute atomic E-state index is 14.3. The van der Waals surface area contributed by atoms with E-state index in [2.05, 4.69) is 20.6 Å². The number of nitrogens with zero attached hydrogens (tertiary/aromatic N) is 5. The van der Waals surface area contributed by atoms with E-state index >= 15 is 0 Å². The first-order chi connectivity index (χ1) is 20.1. The van der Waals surface area contributed by atoms with E-state index < -0.39 is 29.5 Å². The third-order valence-corrected chi connectivity index (χ3v) is 9.55. The van der Waals surface area contributed by atoms with Crippen molar-refractivity contribution >= 4 is 29.1 Å². The number of amides is 2. The number of aryl methyl sites for hydroxylation is 1. The molecule has 42 heavy (non-hydrogen) atoms. The molecule has 222 valence electrons. The molecule has 1 aromatic carbocycles. The van der Waals surface area contributed by atoms with Crippen LogP contribution < -0.4 is 5.32 Å². The van der Waals surface area contributed by atoms with Gasteiger partial charge in [-0.15, -0.1) is 16.4 Å². The number of carboxylic acids is 1. The van der Waals surface area contributed by atoms with Crippen LogP contribution in [0.5, 0.6) is 0 Å². The van der Waals surface area contributed by atoms with Crippen molar-refractivity contribution in [3.8, 4) is 10.4 Å². The topological polar surface area (TPSA) is 140 Å². The molecule has 2 fully saturated rings. The van der Waals surface area contributed by atoms with Gasteiger partial charge in [0.15, 0.2) is 0 Å². The van der Waals surface area contributed by atoms with Crippen LogP contribution in [0.15, 0.2) is 29.8 Å². The van der Waals surface area contributed by atoms with Gasteiger partial charge in [0.1, 0.15) is 12.1 Å². The molecule has 0 spiro atoms. The van der Waals surface area contributed by atoms with Crippen LogP contribution in [0.3, 0.4) is 0 Å². The quantitative estimate of drug-likeness (QED) is 0.400. The molecule has 0 unspecified atom stereocenters. The van der Waals surface area contributed by atoms with Crippen LogP contribution in [0.1, 0.15) is 86.6 Å². The van der Waals surface area contributed by atoms with Gasteiger partial charge in [0.25, 0.3) is 0 Å². The Morgan fingerprint density at radius 1 is 1.19 bits per heavy atom. The van der Waals surface area contributed by atoms with Gasteiger partial charge in [-0.1, -0.05) is 43.3 Å². The lowest BCUT2D eigenvalue weighted by Crippen LogP contribution is -2.51. The van der Waals surface area contributed by atoms with E-state index in [1.807, 2.05) is 45.0 Å². The predicted molar refractivity (Wildman–Crippen MR) is 155 cm³/mol. The fourth-order valence-electron chi connectivity index (χ4n) is 6.21. The molecule has 4 heterocycles. The third kappa shape index (κ3) is 5.45. The van der Waals surface area contributed by atoms with Crippen LogP contribution in [-0.2, 0) is 25.7 Å². The van der Waals surface area contributed by atoms with Crippen molar-refractivity contribution in [3.63, 3.8) is 0 Å². The smallest absolute Gasteiger partial charge is 0.305 e. The predicted octanol–water partition coefficient (Wildman–Crippen LogP) is 4.01.